The second-order valence-electron chi connectivity index (χ2n) is 4.91. The average molecular weight is 263 g/mol. The SMILES string of the molecule is CC1CCC(C(N)=O)CN1C(=O)c1cncc(O)c1. The number of rotatable bonds is 2. The quantitative estimate of drug-likeness (QED) is 0.812. The number of carbonyl (C=O) groups excluding carboxylic acids is 2. The molecule has 6 heteroatoms. The van der Waals surface area contributed by atoms with Crippen molar-refractivity contribution in [3.63, 3.8) is 0 Å². The number of carbonyl (C=O) groups is 2. The minimum atomic E-state index is -0.376. The lowest BCUT2D eigenvalue weighted by molar-refractivity contribution is -0.123. The summed E-state index contributed by atoms with van der Waals surface area (Å²) in [4.78, 5) is 29.0. The first-order chi connectivity index (χ1) is 8.99. The smallest absolute Gasteiger partial charge is 0.255 e. The second-order valence-corrected chi connectivity index (χ2v) is 4.91. The molecule has 2 amide bonds. The van der Waals surface area contributed by atoms with E-state index in [1.807, 2.05) is 6.92 Å². The number of nitrogens with two attached hydrogens (primary N) is 1. The molecule has 0 bridgehead atoms. The number of hydrogen-bond acceptors (Lipinski definition) is 4. The molecule has 2 atom stereocenters. The van der Waals surface area contributed by atoms with Crippen LogP contribution in [0.5, 0.6) is 5.75 Å². The highest BCUT2D eigenvalue weighted by Crippen LogP contribution is 2.24. The van der Waals surface area contributed by atoms with Crippen LogP contribution in [0.3, 0.4) is 0 Å². The van der Waals surface area contributed by atoms with E-state index in [9.17, 15) is 14.7 Å². The van der Waals surface area contributed by atoms with Gasteiger partial charge in [-0.2, -0.15) is 0 Å². The maximum atomic E-state index is 12.4. The number of aromatic hydroxyl groups is 1. The maximum Gasteiger partial charge on any atom is 0.255 e. The predicted molar refractivity (Wildman–Crippen MR) is 68.3 cm³/mol. The number of nitrogens with zero attached hydrogens (tertiary/aromatic N) is 2. The van der Waals surface area contributed by atoms with Crippen LogP contribution < -0.4 is 5.73 Å². The number of hydrogen-bond donors (Lipinski definition) is 2. The normalized spacial score (nSPS) is 23.1. The molecule has 0 saturated carbocycles. The van der Waals surface area contributed by atoms with Gasteiger partial charge in [-0.25, -0.2) is 0 Å². The van der Waals surface area contributed by atoms with Crippen LogP contribution in [0.4, 0.5) is 0 Å². The Labute approximate surface area is 111 Å². The summed E-state index contributed by atoms with van der Waals surface area (Å²) < 4.78 is 0. The summed E-state index contributed by atoms with van der Waals surface area (Å²) in [6.45, 7) is 2.26. The van der Waals surface area contributed by atoms with E-state index in [4.69, 9.17) is 5.73 Å². The van der Waals surface area contributed by atoms with Crippen molar-refractivity contribution in [2.24, 2.45) is 11.7 Å². The number of likely N-dealkylation sites (tertiary alicyclic amines) is 1. The molecule has 1 aliphatic rings. The molecule has 0 radical (unpaired) electrons. The van der Waals surface area contributed by atoms with Gasteiger partial charge in [0.25, 0.3) is 5.91 Å². The highest BCUT2D eigenvalue weighted by molar-refractivity contribution is 5.95. The van der Waals surface area contributed by atoms with E-state index in [0.717, 1.165) is 6.42 Å². The van der Waals surface area contributed by atoms with Gasteiger partial charge in [-0.1, -0.05) is 0 Å². The van der Waals surface area contributed by atoms with Gasteiger partial charge in [-0.05, 0) is 25.8 Å². The molecular formula is C13H17N3O3. The minimum absolute atomic E-state index is 0.0467. The van der Waals surface area contributed by atoms with Gasteiger partial charge in [0.15, 0.2) is 0 Å². The number of amides is 2. The monoisotopic (exact) mass is 263 g/mol. The van der Waals surface area contributed by atoms with E-state index in [1.165, 1.54) is 18.5 Å². The van der Waals surface area contributed by atoms with Crippen LogP contribution in [0.15, 0.2) is 18.5 Å². The van der Waals surface area contributed by atoms with E-state index in [2.05, 4.69) is 4.98 Å². The molecule has 1 aromatic heterocycles. The first-order valence-electron chi connectivity index (χ1n) is 6.23. The summed E-state index contributed by atoms with van der Waals surface area (Å²) in [7, 11) is 0. The fourth-order valence-electron chi connectivity index (χ4n) is 2.33. The molecule has 1 fully saturated rings. The van der Waals surface area contributed by atoms with Crippen LogP contribution in [0.1, 0.15) is 30.1 Å². The van der Waals surface area contributed by atoms with E-state index in [1.54, 1.807) is 4.90 Å². The second kappa shape index (κ2) is 5.26. The van der Waals surface area contributed by atoms with Gasteiger partial charge in [0.2, 0.25) is 5.91 Å². The Morgan fingerprint density at radius 2 is 2.16 bits per heavy atom. The van der Waals surface area contributed by atoms with Gasteiger partial charge >= 0.3 is 0 Å². The zero-order chi connectivity index (χ0) is 14.0. The number of piperidine rings is 1. The zero-order valence-electron chi connectivity index (χ0n) is 10.7. The van der Waals surface area contributed by atoms with Gasteiger partial charge in [0, 0.05) is 18.8 Å². The number of aromatic nitrogens is 1. The fraction of sp³-hybridized carbons (Fsp3) is 0.462. The van der Waals surface area contributed by atoms with Crippen LogP contribution in [0.25, 0.3) is 0 Å². The summed E-state index contributed by atoms with van der Waals surface area (Å²) in [5.41, 5.74) is 5.63. The topological polar surface area (TPSA) is 96.5 Å². The Morgan fingerprint density at radius 3 is 2.79 bits per heavy atom. The first-order valence-corrected chi connectivity index (χ1v) is 6.23. The summed E-state index contributed by atoms with van der Waals surface area (Å²) in [6, 6.07) is 1.42. The highest BCUT2D eigenvalue weighted by atomic mass is 16.3. The van der Waals surface area contributed by atoms with Crippen molar-refractivity contribution in [3.8, 4) is 5.75 Å². The lowest BCUT2D eigenvalue weighted by Crippen LogP contribution is -2.48. The van der Waals surface area contributed by atoms with Crippen molar-refractivity contribution in [1.29, 1.82) is 0 Å². The summed E-state index contributed by atoms with van der Waals surface area (Å²) in [5.74, 6) is -0.965. The molecule has 0 spiro atoms. The molecule has 0 aromatic carbocycles. The Morgan fingerprint density at radius 1 is 1.42 bits per heavy atom. The molecular weight excluding hydrogens is 246 g/mol. The van der Waals surface area contributed by atoms with Crippen LogP contribution in [-0.2, 0) is 4.79 Å². The Bertz CT molecular complexity index is 504. The van der Waals surface area contributed by atoms with Gasteiger partial charge in [-0.3, -0.25) is 14.6 Å². The van der Waals surface area contributed by atoms with E-state index >= 15 is 0 Å². The third-order valence-corrected chi connectivity index (χ3v) is 3.52. The number of pyridine rings is 1. The van der Waals surface area contributed by atoms with Crippen molar-refractivity contribution in [2.75, 3.05) is 6.54 Å². The molecule has 1 saturated heterocycles. The average Bonchev–Trinajstić information content (AvgIpc) is 2.38. The third kappa shape index (κ3) is 2.83. The summed E-state index contributed by atoms with van der Waals surface area (Å²) >= 11 is 0. The van der Waals surface area contributed by atoms with Crippen LogP contribution in [0, 0.1) is 5.92 Å². The molecule has 102 valence electrons. The Hall–Kier alpha value is -2.11. The molecule has 19 heavy (non-hydrogen) atoms. The predicted octanol–water partition coefficient (Wildman–Crippen LogP) is 0.513. The lowest BCUT2D eigenvalue weighted by Gasteiger charge is -2.36. The molecule has 2 rings (SSSR count). The van der Waals surface area contributed by atoms with Gasteiger partial charge in [0.05, 0.1) is 17.7 Å². The standard InChI is InChI=1S/C13H17N3O3/c1-8-2-3-9(12(14)18)7-16(8)13(19)10-4-11(17)6-15-5-10/h4-6,8-9,17H,2-3,7H2,1H3,(H2,14,18). The first kappa shape index (κ1) is 13.3. The van der Waals surface area contributed by atoms with Crippen molar-refractivity contribution in [2.45, 2.75) is 25.8 Å². The van der Waals surface area contributed by atoms with Crippen molar-refractivity contribution < 1.29 is 14.7 Å². The summed E-state index contributed by atoms with van der Waals surface area (Å²) in [6.07, 6.45) is 4.12. The maximum absolute atomic E-state index is 12.4. The fourth-order valence-corrected chi connectivity index (χ4v) is 2.33. The van der Waals surface area contributed by atoms with Gasteiger partial charge < -0.3 is 15.7 Å². The molecule has 3 N–H and O–H groups in total. The Kier molecular flexibility index (Phi) is 3.69. The molecule has 6 nitrogen and oxygen atoms in total. The minimum Gasteiger partial charge on any atom is -0.506 e. The van der Waals surface area contributed by atoms with Crippen LogP contribution >= 0.6 is 0 Å². The van der Waals surface area contributed by atoms with Crippen molar-refractivity contribution >= 4 is 11.8 Å². The third-order valence-electron chi connectivity index (χ3n) is 3.52. The van der Waals surface area contributed by atoms with Gasteiger partial charge in [-0.15, -0.1) is 0 Å². The van der Waals surface area contributed by atoms with Gasteiger partial charge in [0.1, 0.15) is 5.75 Å². The van der Waals surface area contributed by atoms with Crippen molar-refractivity contribution in [1.82, 2.24) is 9.88 Å². The van der Waals surface area contributed by atoms with E-state index < -0.39 is 0 Å². The molecule has 0 aliphatic carbocycles. The van der Waals surface area contributed by atoms with E-state index in [0.29, 0.717) is 18.5 Å². The highest BCUT2D eigenvalue weighted by Gasteiger charge is 2.32. The summed E-state index contributed by atoms with van der Waals surface area (Å²) in [5, 5.41) is 9.36. The largest absolute Gasteiger partial charge is 0.506 e. The van der Waals surface area contributed by atoms with Crippen LogP contribution in [0.2, 0.25) is 0 Å². The van der Waals surface area contributed by atoms with Crippen LogP contribution in [-0.4, -0.2) is 39.4 Å². The molecule has 1 aliphatic heterocycles. The number of primary amides is 1. The zero-order valence-corrected chi connectivity index (χ0v) is 10.7. The molecule has 2 heterocycles. The molecule has 1 aromatic rings. The van der Waals surface area contributed by atoms with Crippen molar-refractivity contribution in [3.05, 3.63) is 24.0 Å². The molecule has 2 unspecified atom stereocenters. The van der Waals surface area contributed by atoms with E-state index in [-0.39, 0.29) is 29.5 Å². The Balaban J connectivity index is 2.19. The lowest BCUT2D eigenvalue weighted by atomic mass is 9.92.